The molecule has 0 spiro atoms. The largest absolute Gasteiger partial charge is 0.313 e. The highest BCUT2D eigenvalue weighted by molar-refractivity contribution is 4.69. The minimum absolute atomic E-state index is 0.625. The highest BCUT2D eigenvalue weighted by Crippen LogP contribution is 2.05. The van der Waals surface area contributed by atoms with Crippen molar-refractivity contribution < 1.29 is 0 Å². The van der Waals surface area contributed by atoms with Crippen LogP contribution in [0, 0.1) is 5.92 Å². The number of rotatable bonds is 8. The molecule has 1 N–H and O–H groups in total. The molecule has 0 heterocycles. The number of hydrogen-bond donors (Lipinski definition) is 1. The van der Waals surface area contributed by atoms with E-state index in [1.54, 1.807) is 0 Å². The second kappa shape index (κ2) is 8.12. The molecule has 0 aliphatic heterocycles. The lowest BCUT2D eigenvalue weighted by molar-refractivity contribution is 0.225. The molecule has 0 aromatic heterocycles. The van der Waals surface area contributed by atoms with Crippen LogP contribution in [-0.4, -0.2) is 37.1 Å². The van der Waals surface area contributed by atoms with Gasteiger partial charge in [-0.05, 0) is 32.7 Å². The van der Waals surface area contributed by atoms with Crippen LogP contribution in [0.2, 0.25) is 0 Å². The van der Waals surface area contributed by atoms with E-state index in [9.17, 15) is 0 Å². The molecule has 0 fully saturated rings. The van der Waals surface area contributed by atoms with Gasteiger partial charge in [-0.25, -0.2) is 0 Å². The first-order valence-electron chi connectivity index (χ1n) is 6.46. The molecule has 92 valence electrons. The maximum absolute atomic E-state index is 3.57. The van der Waals surface area contributed by atoms with Crippen LogP contribution in [-0.2, 0) is 0 Å². The molecule has 0 aromatic carbocycles. The van der Waals surface area contributed by atoms with Crippen molar-refractivity contribution in [2.75, 3.05) is 20.1 Å². The van der Waals surface area contributed by atoms with E-state index >= 15 is 0 Å². The maximum Gasteiger partial charge on any atom is 0.0107 e. The van der Waals surface area contributed by atoms with Gasteiger partial charge in [0.15, 0.2) is 0 Å². The molecule has 0 amide bonds. The molecule has 0 saturated carbocycles. The predicted octanol–water partition coefficient (Wildman–Crippen LogP) is 2.74. The number of likely N-dealkylation sites (N-methyl/N-ethyl adjacent to an activating group) is 1. The fourth-order valence-corrected chi connectivity index (χ4v) is 1.80. The smallest absolute Gasteiger partial charge is 0.0107 e. The SMILES string of the molecule is CCC(CC)N(C)CCNC(C)C(C)C. The summed E-state index contributed by atoms with van der Waals surface area (Å²) in [4.78, 5) is 2.47. The van der Waals surface area contributed by atoms with E-state index in [4.69, 9.17) is 0 Å². The first kappa shape index (κ1) is 14.9. The lowest BCUT2D eigenvalue weighted by Gasteiger charge is -2.27. The Morgan fingerprint density at radius 2 is 1.60 bits per heavy atom. The third kappa shape index (κ3) is 6.16. The molecule has 0 rings (SSSR count). The zero-order valence-electron chi connectivity index (χ0n) is 11.5. The van der Waals surface area contributed by atoms with E-state index in [2.05, 4.69) is 51.9 Å². The van der Waals surface area contributed by atoms with Crippen molar-refractivity contribution in [2.45, 2.75) is 59.5 Å². The van der Waals surface area contributed by atoms with Gasteiger partial charge in [0.1, 0.15) is 0 Å². The van der Waals surface area contributed by atoms with Crippen LogP contribution in [0.25, 0.3) is 0 Å². The van der Waals surface area contributed by atoms with Crippen molar-refractivity contribution >= 4 is 0 Å². The van der Waals surface area contributed by atoms with Gasteiger partial charge in [0.2, 0.25) is 0 Å². The van der Waals surface area contributed by atoms with Crippen molar-refractivity contribution in [3.05, 3.63) is 0 Å². The van der Waals surface area contributed by atoms with Crippen LogP contribution in [0.4, 0.5) is 0 Å². The zero-order valence-corrected chi connectivity index (χ0v) is 11.5. The fourth-order valence-electron chi connectivity index (χ4n) is 1.80. The monoisotopic (exact) mass is 214 g/mol. The highest BCUT2D eigenvalue weighted by Gasteiger charge is 2.10. The van der Waals surface area contributed by atoms with E-state index in [0.29, 0.717) is 6.04 Å². The van der Waals surface area contributed by atoms with Crippen LogP contribution in [0.1, 0.15) is 47.5 Å². The summed E-state index contributed by atoms with van der Waals surface area (Å²) < 4.78 is 0. The second-order valence-corrected chi connectivity index (χ2v) is 4.94. The summed E-state index contributed by atoms with van der Waals surface area (Å²) in [6, 6.07) is 1.38. The van der Waals surface area contributed by atoms with Gasteiger partial charge in [-0.15, -0.1) is 0 Å². The molecule has 2 nitrogen and oxygen atoms in total. The van der Waals surface area contributed by atoms with Gasteiger partial charge in [0.25, 0.3) is 0 Å². The summed E-state index contributed by atoms with van der Waals surface area (Å²) >= 11 is 0. The highest BCUT2D eigenvalue weighted by atomic mass is 15.1. The van der Waals surface area contributed by atoms with Gasteiger partial charge in [0.05, 0.1) is 0 Å². The molecule has 0 bridgehead atoms. The van der Waals surface area contributed by atoms with E-state index in [0.717, 1.165) is 25.0 Å². The van der Waals surface area contributed by atoms with Gasteiger partial charge >= 0.3 is 0 Å². The lowest BCUT2D eigenvalue weighted by Crippen LogP contribution is -2.40. The Labute approximate surface area is 96.4 Å². The summed E-state index contributed by atoms with van der Waals surface area (Å²) in [5, 5.41) is 3.57. The van der Waals surface area contributed by atoms with Crippen LogP contribution in [0.5, 0.6) is 0 Å². The summed E-state index contributed by atoms with van der Waals surface area (Å²) in [5.41, 5.74) is 0. The molecule has 2 heteroatoms. The molecular formula is C13H30N2. The summed E-state index contributed by atoms with van der Waals surface area (Å²) in [6.07, 6.45) is 2.51. The Hall–Kier alpha value is -0.0800. The molecule has 0 aliphatic carbocycles. The molecule has 15 heavy (non-hydrogen) atoms. The van der Waals surface area contributed by atoms with Crippen molar-refractivity contribution in [2.24, 2.45) is 5.92 Å². The van der Waals surface area contributed by atoms with E-state index < -0.39 is 0 Å². The Morgan fingerprint density at radius 1 is 1.07 bits per heavy atom. The van der Waals surface area contributed by atoms with Gasteiger partial charge in [0, 0.05) is 25.2 Å². The van der Waals surface area contributed by atoms with Gasteiger partial charge in [-0.1, -0.05) is 27.7 Å². The third-order valence-electron chi connectivity index (χ3n) is 3.50. The quantitative estimate of drug-likeness (QED) is 0.668. The fraction of sp³-hybridized carbons (Fsp3) is 1.00. The third-order valence-corrected chi connectivity index (χ3v) is 3.50. The lowest BCUT2D eigenvalue weighted by atomic mass is 10.1. The Morgan fingerprint density at radius 3 is 2.00 bits per heavy atom. The number of nitrogens with zero attached hydrogens (tertiary/aromatic N) is 1. The standard InChI is InChI=1S/C13H30N2/c1-7-13(8-2)15(6)10-9-14-12(5)11(3)4/h11-14H,7-10H2,1-6H3. The number of hydrogen-bond acceptors (Lipinski definition) is 2. The van der Waals surface area contributed by atoms with Gasteiger partial charge in [-0.3, -0.25) is 0 Å². The van der Waals surface area contributed by atoms with Crippen LogP contribution >= 0.6 is 0 Å². The summed E-state index contributed by atoms with van der Waals surface area (Å²) in [6.45, 7) is 13.6. The average Bonchev–Trinajstić information content (AvgIpc) is 2.19. The summed E-state index contributed by atoms with van der Waals surface area (Å²) in [7, 11) is 2.24. The van der Waals surface area contributed by atoms with Gasteiger partial charge < -0.3 is 10.2 Å². The van der Waals surface area contributed by atoms with Crippen molar-refractivity contribution in [3.8, 4) is 0 Å². The first-order valence-corrected chi connectivity index (χ1v) is 6.46. The molecule has 0 saturated heterocycles. The maximum atomic E-state index is 3.57. The van der Waals surface area contributed by atoms with E-state index in [1.165, 1.54) is 12.8 Å². The Kier molecular flexibility index (Phi) is 8.07. The van der Waals surface area contributed by atoms with Crippen LogP contribution in [0.15, 0.2) is 0 Å². The molecular weight excluding hydrogens is 184 g/mol. The molecule has 0 radical (unpaired) electrons. The zero-order chi connectivity index (χ0) is 11.8. The molecule has 0 aliphatic rings. The topological polar surface area (TPSA) is 15.3 Å². The van der Waals surface area contributed by atoms with Crippen LogP contribution in [0.3, 0.4) is 0 Å². The van der Waals surface area contributed by atoms with Crippen molar-refractivity contribution in [3.63, 3.8) is 0 Å². The minimum atomic E-state index is 0.625. The van der Waals surface area contributed by atoms with Crippen molar-refractivity contribution in [1.82, 2.24) is 10.2 Å². The Balaban J connectivity index is 3.66. The Bertz CT molecular complexity index is 141. The average molecular weight is 214 g/mol. The van der Waals surface area contributed by atoms with Crippen LogP contribution < -0.4 is 5.32 Å². The predicted molar refractivity (Wildman–Crippen MR) is 69.3 cm³/mol. The van der Waals surface area contributed by atoms with E-state index in [1.807, 2.05) is 0 Å². The minimum Gasteiger partial charge on any atom is -0.313 e. The molecule has 1 unspecified atom stereocenters. The normalized spacial score (nSPS) is 14.2. The molecule has 0 aromatic rings. The first-order chi connectivity index (χ1) is 7.02. The molecule has 1 atom stereocenters. The van der Waals surface area contributed by atoms with Gasteiger partial charge in [-0.2, -0.15) is 0 Å². The number of nitrogens with one attached hydrogen (secondary N) is 1. The second-order valence-electron chi connectivity index (χ2n) is 4.94. The van der Waals surface area contributed by atoms with E-state index in [-0.39, 0.29) is 0 Å². The van der Waals surface area contributed by atoms with Crippen molar-refractivity contribution in [1.29, 1.82) is 0 Å². The summed E-state index contributed by atoms with van der Waals surface area (Å²) in [5.74, 6) is 0.725.